The molecule has 0 atom stereocenters. The van der Waals surface area contributed by atoms with Crippen LogP contribution in [0.1, 0.15) is 0 Å². The molecule has 0 spiro atoms. The van der Waals surface area contributed by atoms with Crippen molar-refractivity contribution in [1.29, 1.82) is 0 Å². The van der Waals surface area contributed by atoms with Crippen molar-refractivity contribution in [2.45, 2.75) is 4.90 Å². The highest BCUT2D eigenvalue weighted by Gasteiger charge is 2.13. The summed E-state index contributed by atoms with van der Waals surface area (Å²) < 4.78 is 32.9. The van der Waals surface area contributed by atoms with Crippen LogP contribution in [0.4, 0.5) is 5.69 Å². The van der Waals surface area contributed by atoms with Crippen molar-refractivity contribution < 1.29 is 17.9 Å². The second kappa shape index (κ2) is 9.21. The number of ether oxygens (including phenoxy) is 1. The third-order valence-corrected chi connectivity index (χ3v) is 6.31. The standard InChI is InChI=1S/C21H19BrN2O4S/c1-2-13-23-29(26,27)17-10-8-16(9-11-17)24-20(25)14-28-19-12-7-15-5-3-4-6-18(15)21(19)22/h2-12,23H,1,13-14H2,(H,24,25). The quantitative estimate of drug-likeness (QED) is 0.481. The number of fused-ring (bicyclic) bond motifs is 1. The molecular formula is C21H19BrN2O4S. The van der Waals surface area contributed by atoms with Crippen molar-refractivity contribution in [2.24, 2.45) is 0 Å². The van der Waals surface area contributed by atoms with E-state index in [1.54, 1.807) is 6.07 Å². The Hall–Kier alpha value is -2.68. The lowest BCUT2D eigenvalue weighted by atomic mass is 10.1. The van der Waals surface area contributed by atoms with E-state index >= 15 is 0 Å². The van der Waals surface area contributed by atoms with Gasteiger partial charge in [0.2, 0.25) is 10.0 Å². The highest BCUT2D eigenvalue weighted by atomic mass is 79.9. The molecule has 0 aromatic heterocycles. The third-order valence-electron chi connectivity index (χ3n) is 4.05. The van der Waals surface area contributed by atoms with Crippen LogP contribution in [0, 0.1) is 0 Å². The van der Waals surface area contributed by atoms with Crippen LogP contribution in [0.5, 0.6) is 5.75 Å². The molecule has 0 saturated carbocycles. The Morgan fingerprint density at radius 1 is 1.07 bits per heavy atom. The minimum absolute atomic E-state index is 0.105. The molecule has 6 nitrogen and oxygen atoms in total. The number of carbonyl (C=O) groups is 1. The molecule has 8 heteroatoms. The summed E-state index contributed by atoms with van der Waals surface area (Å²) in [6.45, 7) is 3.43. The van der Waals surface area contributed by atoms with Gasteiger partial charge in [-0.15, -0.1) is 6.58 Å². The number of benzene rings is 3. The number of nitrogens with one attached hydrogen (secondary N) is 2. The first-order chi connectivity index (χ1) is 13.9. The fourth-order valence-corrected chi connectivity index (χ4v) is 4.24. The van der Waals surface area contributed by atoms with Crippen molar-refractivity contribution in [1.82, 2.24) is 4.72 Å². The third kappa shape index (κ3) is 5.23. The Labute approximate surface area is 177 Å². The Kier molecular flexibility index (Phi) is 6.68. The van der Waals surface area contributed by atoms with Gasteiger partial charge in [0.1, 0.15) is 5.75 Å². The lowest BCUT2D eigenvalue weighted by Crippen LogP contribution is -2.23. The maximum absolute atomic E-state index is 12.2. The molecular weight excluding hydrogens is 456 g/mol. The average Bonchev–Trinajstić information content (AvgIpc) is 2.72. The number of amides is 1. The van der Waals surface area contributed by atoms with Crippen LogP contribution in [0.3, 0.4) is 0 Å². The zero-order valence-corrected chi connectivity index (χ0v) is 17.8. The summed E-state index contributed by atoms with van der Waals surface area (Å²) in [5, 5.41) is 4.74. The largest absolute Gasteiger partial charge is 0.483 e. The molecule has 0 aliphatic carbocycles. The van der Waals surface area contributed by atoms with Gasteiger partial charge in [-0.2, -0.15) is 0 Å². The molecule has 0 heterocycles. The van der Waals surface area contributed by atoms with Crippen molar-refractivity contribution in [3.05, 3.63) is 77.8 Å². The van der Waals surface area contributed by atoms with Crippen molar-refractivity contribution in [3.8, 4) is 5.75 Å². The summed E-state index contributed by atoms with van der Waals surface area (Å²) in [6, 6.07) is 17.4. The number of anilines is 1. The van der Waals surface area contributed by atoms with E-state index in [4.69, 9.17) is 4.74 Å². The van der Waals surface area contributed by atoms with Gasteiger partial charge < -0.3 is 10.1 Å². The first-order valence-corrected chi connectivity index (χ1v) is 11.0. The van der Waals surface area contributed by atoms with Crippen LogP contribution < -0.4 is 14.8 Å². The molecule has 2 N–H and O–H groups in total. The maximum atomic E-state index is 12.2. The summed E-state index contributed by atoms with van der Waals surface area (Å²) in [4.78, 5) is 12.3. The minimum atomic E-state index is -3.60. The molecule has 0 unspecified atom stereocenters. The summed E-state index contributed by atoms with van der Waals surface area (Å²) in [5.74, 6) is 0.207. The fraction of sp³-hybridized carbons (Fsp3) is 0.0952. The molecule has 0 saturated heterocycles. The van der Waals surface area contributed by atoms with Gasteiger partial charge in [-0.25, -0.2) is 13.1 Å². The van der Waals surface area contributed by atoms with E-state index in [1.807, 2.05) is 30.3 Å². The Balaban J connectivity index is 1.61. The van der Waals surface area contributed by atoms with Crippen LogP contribution in [0.25, 0.3) is 10.8 Å². The van der Waals surface area contributed by atoms with Crippen molar-refractivity contribution >= 4 is 48.3 Å². The molecule has 0 bridgehead atoms. The van der Waals surface area contributed by atoms with E-state index in [9.17, 15) is 13.2 Å². The van der Waals surface area contributed by atoms with E-state index < -0.39 is 10.0 Å². The predicted octanol–water partition coefficient (Wildman–Crippen LogP) is 4.08. The van der Waals surface area contributed by atoms with Crippen LogP contribution in [0.2, 0.25) is 0 Å². The first kappa shape index (κ1) is 21.0. The van der Waals surface area contributed by atoms with Gasteiger partial charge in [0, 0.05) is 12.2 Å². The zero-order valence-electron chi connectivity index (χ0n) is 15.4. The van der Waals surface area contributed by atoms with Gasteiger partial charge in [0.25, 0.3) is 5.91 Å². The van der Waals surface area contributed by atoms with Crippen LogP contribution in [-0.4, -0.2) is 27.5 Å². The summed E-state index contributed by atoms with van der Waals surface area (Å²) in [5.41, 5.74) is 0.471. The number of sulfonamides is 1. The van der Waals surface area contributed by atoms with Crippen molar-refractivity contribution in [3.63, 3.8) is 0 Å². The van der Waals surface area contributed by atoms with Gasteiger partial charge in [-0.1, -0.05) is 36.4 Å². The minimum Gasteiger partial charge on any atom is -0.483 e. The summed E-state index contributed by atoms with van der Waals surface area (Å²) in [6.07, 6.45) is 1.46. The SMILES string of the molecule is C=CCNS(=O)(=O)c1ccc(NC(=O)COc2ccc3ccccc3c2Br)cc1. The van der Waals surface area contributed by atoms with E-state index in [1.165, 1.54) is 30.3 Å². The predicted molar refractivity (Wildman–Crippen MR) is 118 cm³/mol. The molecule has 1 amide bonds. The molecule has 0 fully saturated rings. The Bertz CT molecular complexity index is 1150. The number of rotatable bonds is 8. The topological polar surface area (TPSA) is 84.5 Å². The van der Waals surface area contributed by atoms with E-state index in [0.717, 1.165) is 15.2 Å². The second-order valence-corrected chi connectivity index (χ2v) is 8.66. The highest BCUT2D eigenvalue weighted by Crippen LogP contribution is 2.33. The Morgan fingerprint density at radius 2 is 1.79 bits per heavy atom. The van der Waals surface area contributed by atoms with E-state index in [0.29, 0.717) is 11.4 Å². The smallest absolute Gasteiger partial charge is 0.262 e. The zero-order chi connectivity index (χ0) is 20.9. The lowest BCUT2D eigenvalue weighted by molar-refractivity contribution is -0.118. The lowest BCUT2D eigenvalue weighted by Gasteiger charge is -2.11. The number of hydrogen-bond acceptors (Lipinski definition) is 4. The molecule has 0 aliphatic rings. The molecule has 3 aromatic rings. The van der Waals surface area contributed by atoms with Crippen LogP contribution in [0.15, 0.2) is 82.7 Å². The number of hydrogen-bond donors (Lipinski definition) is 2. The maximum Gasteiger partial charge on any atom is 0.262 e. The van der Waals surface area contributed by atoms with Crippen molar-refractivity contribution in [2.75, 3.05) is 18.5 Å². The van der Waals surface area contributed by atoms with Gasteiger partial charge >= 0.3 is 0 Å². The monoisotopic (exact) mass is 474 g/mol. The van der Waals surface area contributed by atoms with Gasteiger partial charge in [-0.3, -0.25) is 4.79 Å². The second-order valence-electron chi connectivity index (χ2n) is 6.10. The Morgan fingerprint density at radius 3 is 2.52 bits per heavy atom. The van der Waals surface area contributed by atoms with E-state index in [-0.39, 0.29) is 24.0 Å². The molecule has 29 heavy (non-hydrogen) atoms. The number of carbonyl (C=O) groups excluding carboxylic acids is 1. The summed E-state index contributed by atoms with van der Waals surface area (Å²) >= 11 is 3.52. The molecule has 3 aromatic carbocycles. The molecule has 0 aliphatic heterocycles. The average molecular weight is 475 g/mol. The normalized spacial score (nSPS) is 11.2. The fourth-order valence-electron chi connectivity index (χ4n) is 2.63. The van der Waals surface area contributed by atoms with Crippen LogP contribution in [-0.2, 0) is 14.8 Å². The van der Waals surface area contributed by atoms with E-state index in [2.05, 4.69) is 32.5 Å². The van der Waals surface area contributed by atoms with Gasteiger partial charge in [-0.05, 0) is 57.0 Å². The molecule has 0 radical (unpaired) electrons. The van der Waals surface area contributed by atoms with Gasteiger partial charge in [0.05, 0.1) is 9.37 Å². The first-order valence-electron chi connectivity index (χ1n) is 8.71. The van der Waals surface area contributed by atoms with Gasteiger partial charge in [0.15, 0.2) is 6.61 Å². The molecule has 150 valence electrons. The highest BCUT2D eigenvalue weighted by molar-refractivity contribution is 9.10. The number of halogens is 1. The summed E-state index contributed by atoms with van der Waals surface area (Å²) in [7, 11) is -3.60. The van der Waals surface area contributed by atoms with Crippen LogP contribution >= 0.6 is 15.9 Å². The molecule has 3 rings (SSSR count).